The number of aryl methyl sites for hydroxylation is 1. The van der Waals surface area contributed by atoms with Crippen LogP contribution in [0.15, 0.2) is 18.2 Å². The number of hydrogen-bond donors (Lipinski definition) is 2. The Kier molecular flexibility index (Phi) is 3.19. The molecule has 14 heavy (non-hydrogen) atoms. The van der Waals surface area contributed by atoms with Gasteiger partial charge in [0.2, 0.25) is 0 Å². The average molecular weight is 198 g/mol. The van der Waals surface area contributed by atoms with Crippen molar-refractivity contribution in [1.82, 2.24) is 0 Å². The van der Waals surface area contributed by atoms with E-state index < -0.39 is 24.3 Å². The van der Waals surface area contributed by atoms with Crippen LogP contribution in [0.2, 0.25) is 0 Å². The Labute approximate surface area is 80.8 Å². The first-order chi connectivity index (χ1) is 6.50. The number of rotatable bonds is 3. The van der Waals surface area contributed by atoms with E-state index in [9.17, 15) is 14.3 Å². The Balaban J connectivity index is 2.93. The first-order valence-electron chi connectivity index (χ1n) is 4.16. The lowest BCUT2D eigenvalue weighted by Gasteiger charge is -2.09. The summed E-state index contributed by atoms with van der Waals surface area (Å²) < 4.78 is 13.1. The molecule has 0 aliphatic rings. The number of halogens is 1. The van der Waals surface area contributed by atoms with Crippen LogP contribution in [0.3, 0.4) is 0 Å². The molecule has 3 nitrogen and oxygen atoms in total. The van der Waals surface area contributed by atoms with Crippen LogP contribution >= 0.6 is 0 Å². The smallest absolute Gasteiger partial charge is 0.306 e. The Hall–Kier alpha value is -1.42. The maximum Gasteiger partial charge on any atom is 0.306 e. The maximum atomic E-state index is 13.1. The molecule has 1 unspecified atom stereocenters. The van der Waals surface area contributed by atoms with Crippen molar-refractivity contribution in [3.63, 3.8) is 0 Å². The second-order valence-electron chi connectivity index (χ2n) is 3.14. The van der Waals surface area contributed by atoms with E-state index >= 15 is 0 Å². The number of aliphatic carboxylic acids is 1. The molecule has 0 bridgehead atoms. The van der Waals surface area contributed by atoms with E-state index in [4.69, 9.17) is 5.11 Å². The molecule has 0 heterocycles. The zero-order chi connectivity index (χ0) is 10.7. The summed E-state index contributed by atoms with van der Waals surface area (Å²) in [6.45, 7) is 1.75. The fourth-order valence-corrected chi connectivity index (χ4v) is 1.19. The third-order valence-corrected chi connectivity index (χ3v) is 1.88. The number of hydrogen-bond acceptors (Lipinski definition) is 2. The lowest BCUT2D eigenvalue weighted by molar-refractivity contribution is -0.139. The highest BCUT2D eigenvalue weighted by molar-refractivity contribution is 5.67. The van der Waals surface area contributed by atoms with Gasteiger partial charge < -0.3 is 10.2 Å². The summed E-state index contributed by atoms with van der Waals surface area (Å²) in [6, 6.07) is 4.23. The van der Waals surface area contributed by atoms with Crippen molar-refractivity contribution in [1.29, 1.82) is 0 Å². The summed E-state index contributed by atoms with van der Waals surface area (Å²) in [6.07, 6.45) is -1.77. The van der Waals surface area contributed by atoms with E-state index in [1.54, 1.807) is 13.0 Å². The molecule has 1 atom stereocenters. The van der Waals surface area contributed by atoms with Gasteiger partial charge in [-0.1, -0.05) is 17.7 Å². The molecule has 0 spiro atoms. The molecule has 2 N–H and O–H groups in total. The Morgan fingerprint density at radius 1 is 1.57 bits per heavy atom. The van der Waals surface area contributed by atoms with Gasteiger partial charge in [0.05, 0.1) is 12.5 Å². The van der Waals surface area contributed by atoms with Crippen LogP contribution in [0, 0.1) is 12.7 Å². The Bertz CT molecular complexity index is 349. The summed E-state index contributed by atoms with van der Waals surface area (Å²) in [5.74, 6) is -1.73. The van der Waals surface area contributed by atoms with Gasteiger partial charge in [-0.3, -0.25) is 4.79 Å². The molecule has 1 aromatic rings. The van der Waals surface area contributed by atoms with Crippen molar-refractivity contribution in [2.75, 3.05) is 0 Å². The van der Waals surface area contributed by atoms with Crippen molar-refractivity contribution in [3.8, 4) is 0 Å². The van der Waals surface area contributed by atoms with Crippen LogP contribution < -0.4 is 0 Å². The second-order valence-corrected chi connectivity index (χ2v) is 3.14. The predicted molar refractivity (Wildman–Crippen MR) is 48.3 cm³/mol. The summed E-state index contributed by atoms with van der Waals surface area (Å²) in [5.41, 5.74) is 0.818. The van der Waals surface area contributed by atoms with E-state index in [0.29, 0.717) is 0 Å². The highest BCUT2D eigenvalue weighted by Crippen LogP contribution is 2.21. The lowest BCUT2D eigenvalue weighted by atomic mass is 10.0. The van der Waals surface area contributed by atoms with E-state index in [1.165, 1.54) is 12.1 Å². The molecule has 0 aliphatic heterocycles. The largest absolute Gasteiger partial charge is 0.481 e. The molecule has 1 rings (SSSR count). The van der Waals surface area contributed by atoms with E-state index in [2.05, 4.69) is 0 Å². The highest BCUT2D eigenvalue weighted by atomic mass is 19.1. The SMILES string of the molecule is Cc1ccc(F)c(C(O)CC(=O)O)c1. The first kappa shape index (κ1) is 10.7. The number of benzene rings is 1. The molecular weight excluding hydrogens is 187 g/mol. The monoisotopic (exact) mass is 198 g/mol. The normalized spacial score (nSPS) is 12.5. The molecule has 0 fully saturated rings. The van der Waals surface area contributed by atoms with Gasteiger partial charge in [-0.2, -0.15) is 0 Å². The summed E-state index contributed by atoms with van der Waals surface area (Å²) in [7, 11) is 0. The maximum absolute atomic E-state index is 13.1. The van der Waals surface area contributed by atoms with Crippen LogP contribution in [0.4, 0.5) is 4.39 Å². The molecular formula is C10H11FO3. The van der Waals surface area contributed by atoms with Gasteiger partial charge >= 0.3 is 5.97 Å². The third-order valence-electron chi connectivity index (χ3n) is 1.88. The van der Waals surface area contributed by atoms with E-state index in [0.717, 1.165) is 5.56 Å². The van der Waals surface area contributed by atoms with Crippen LogP contribution in [0.25, 0.3) is 0 Å². The standard InChI is InChI=1S/C10H11FO3/c1-6-2-3-8(11)7(4-6)9(12)5-10(13)14/h2-4,9,12H,5H2,1H3,(H,13,14). The average Bonchev–Trinajstić information content (AvgIpc) is 2.08. The minimum atomic E-state index is -1.28. The van der Waals surface area contributed by atoms with Gasteiger partial charge in [-0.05, 0) is 13.0 Å². The lowest BCUT2D eigenvalue weighted by Crippen LogP contribution is -2.07. The fraction of sp³-hybridized carbons (Fsp3) is 0.300. The van der Waals surface area contributed by atoms with Gasteiger partial charge in [-0.15, -0.1) is 0 Å². The molecule has 0 saturated heterocycles. The van der Waals surface area contributed by atoms with Crippen molar-refractivity contribution in [2.45, 2.75) is 19.4 Å². The van der Waals surface area contributed by atoms with E-state index in [1.807, 2.05) is 0 Å². The van der Waals surface area contributed by atoms with Gasteiger partial charge in [0.1, 0.15) is 5.82 Å². The quantitative estimate of drug-likeness (QED) is 0.776. The number of carboxylic acids is 1. The highest BCUT2D eigenvalue weighted by Gasteiger charge is 2.15. The van der Waals surface area contributed by atoms with Crippen molar-refractivity contribution in [3.05, 3.63) is 35.1 Å². The third kappa shape index (κ3) is 2.53. The van der Waals surface area contributed by atoms with Gasteiger partial charge in [0.15, 0.2) is 0 Å². The van der Waals surface area contributed by atoms with Gasteiger partial charge in [0, 0.05) is 5.56 Å². The number of aliphatic hydroxyl groups is 1. The summed E-state index contributed by atoms with van der Waals surface area (Å²) in [4.78, 5) is 10.3. The molecule has 0 aromatic heterocycles. The van der Waals surface area contributed by atoms with Crippen LogP contribution in [0.5, 0.6) is 0 Å². The van der Waals surface area contributed by atoms with Crippen molar-refractivity contribution < 1.29 is 19.4 Å². The zero-order valence-electron chi connectivity index (χ0n) is 7.70. The molecule has 0 aliphatic carbocycles. The molecule has 0 amide bonds. The van der Waals surface area contributed by atoms with Crippen LogP contribution in [0.1, 0.15) is 23.7 Å². The molecule has 0 radical (unpaired) electrons. The summed E-state index contributed by atoms with van der Waals surface area (Å²) in [5, 5.41) is 17.8. The molecule has 1 aromatic carbocycles. The second kappa shape index (κ2) is 4.19. The van der Waals surface area contributed by atoms with Gasteiger partial charge in [-0.25, -0.2) is 4.39 Å². The fourth-order valence-electron chi connectivity index (χ4n) is 1.19. The minimum Gasteiger partial charge on any atom is -0.481 e. The minimum absolute atomic E-state index is 0.0346. The Morgan fingerprint density at radius 2 is 2.21 bits per heavy atom. The van der Waals surface area contributed by atoms with Crippen molar-refractivity contribution >= 4 is 5.97 Å². The van der Waals surface area contributed by atoms with Gasteiger partial charge in [0.25, 0.3) is 0 Å². The van der Waals surface area contributed by atoms with Crippen molar-refractivity contribution in [2.24, 2.45) is 0 Å². The molecule has 76 valence electrons. The zero-order valence-corrected chi connectivity index (χ0v) is 7.70. The predicted octanol–water partition coefficient (Wildman–Crippen LogP) is 1.64. The number of aliphatic hydroxyl groups excluding tert-OH is 1. The topological polar surface area (TPSA) is 57.5 Å². The molecule has 4 heteroatoms. The van der Waals surface area contributed by atoms with E-state index in [-0.39, 0.29) is 5.56 Å². The molecule has 0 saturated carbocycles. The number of carbonyl (C=O) groups is 1. The first-order valence-corrected chi connectivity index (χ1v) is 4.16. The van der Waals surface area contributed by atoms with Crippen LogP contribution in [-0.2, 0) is 4.79 Å². The summed E-state index contributed by atoms with van der Waals surface area (Å²) >= 11 is 0. The van der Waals surface area contributed by atoms with Crippen LogP contribution in [-0.4, -0.2) is 16.2 Å². The Morgan fingerprint density at radius 3 is 2.79 bits per heavy atom. The number of carboxylic acid groups (broad SMARTS) is 1.